The summed E-state index contributed by atoms with van der Waals surface area (Å²) in [6, 6.07) is 3.76. The van der Waals surface area contributed by atoms with Gasteiger partial charge in [0.25, 0.3) is 0 Å². The highest BCUT2D eigenvalue weighted by Gasteiger charge is 2.22. The first-order valence-electron chi connectivity index (χ1n) is 6.01. The number of carbonyl (C=O) groups is 1. The van der Waals surface area contributed by atoms with Crippen molar-refractivity contribution >= 4 is 28.1 Å². The zero-order valence-electron chi connectivity index (χ0n) is 11.0. The van der Waals surface area contributed by atoms with Crippen LogP contribution in [0.25, 0.3) is 4.96 Å². The number of hydrogen-bond donors (Lipinski definition) is 1. The third kappa shape index (κ3) is 2.05. The molecule has 1 N–H and O–H groups in total. The summed E-state index contributed by atoms with van der Waals surface area (Å²) in [5, 5.41) is 11.2. The van der Waals surface area contributed by atoms with Gasteiger partial charge in [-0.05, 0) is 19.1 Å². The molecule has 0 aliphatic carbocycles. The van der Waals surface area contributed by atoms with Crippen LogP contribution in [0, 0.1) is 6.92 Å². The van der Waals surface area contributed by atoms with Gasteiger partial charge in [-0.3, -0.25) is 4.40 Å². The SMILES string of the molecule is Cc1ccc(CN(C)c2nc3sccn3c2C(=O)O)o1. The van der Waals surface area contributed by atoms with Crippen molar-refractivity contribution in [2.75, 3.05) is 11.9 Å². The van der Waals surface area contributed by atoms with Gasteiger partial charge in [0.05, 0.1) is 6.54 Å². The molecule has 3 rings (SSSR count). The van der Waals surface area contributed by atoms with Gasteiger partial charge in [-0.25, -0.2) is 9.78 Å². The number of fused-ring (bicyclic) bond motifs is 1. The lowest BCUT2D eigenvalue weighted by Crippen LogP contribution is -2.19. The van der Waals surface area contributed by atoms with E-state index in [4.69, 9.17) is 4.42 Å². The molecule has 0 aromatic carbocycles. The zero-order valence-corrected chi connectivity index (χ0v) is 11.8. The number of rotatable bonds is 4. The summed E-state index contributed by atoms with van der Waals surface area (Å²) in [7, 11) is 1.80. The molecule has 3 aromatic heterocycles. The molecule has 0 atom stereocenters. The lowest BCUT2D eigenvalue weighted by Gasteiger charge is -2.15. The van der Waals surface area contributed by atoms with Crippen molar-refractivity contribution in [1.82, 2.24) is 9.38 Å². The third-order valence-electron chi connectivity index (χ3n) is 3.00. The van der Waals surface area contributed by atoms with Crippen LogP contribution < -0.4 is 4.90 Å². The van der Waals surface area contributed by atoms with Crippen LogP contribution in [0.3, 0.4) is 0 Å². The summed E-state index contributed by atoms with van der Waals surface area (Å²) in [5.41, 5.74) is 0.173. The van der Waals surface area contributed by atoms with E-state index in [1.54, 1.807) is 22.5 Å². The minimum atomic E-state index is -0.992. The number of furan rings is 1. The summed E-state index contributed by atoms with van der Waals surface area (Å²) in [4.78, 5) is 18.3. The zero-order chi connectivity index (χ0) is 14.3. The quantitative estimate of drug-likeness (QED) is 0.800. The van der Waals surface area contributed by atoms with E-state index >= 15 is 0 Å². The van der Waals surface area contributed by atoms with Crippen LogP contribution in [0.4, 0.5) is 5.82 Å². The fraction of sp³-hybridized carbons (Fsp3) is 0.231. The van der Waals surface area contributed by atoms with Crippen LogP contribution >= 0.6 is 11.3 Å². The molecular formula is C13H13N3O3S. The highest BCUT2D eigenvalue weighted by molar-refractivity contribution is 7.15. The molecule has 7 heteroatoms. The van der Waals surface area contributed by atoms with Crippen molar-refractivity contribution in [1.29, 1.82) is 0 Å². The van der Waals surface area contributed by atoms with Crippen molar-refractivity contribution in [3.8, 4) is 0 Å². The summed E-state index contributed by atoms with van der Waals surface area (Å²) in [6.45, 7) is 2.34. The van der Waals surface area contributed by atoms with Gasteiger partial charge in [0.15, 0.2) is 16.5 Å². The molecule has 6 nitrogen and oxygen atoms in total. The van der Waals surface area contributed by atoms with Gasteiger partial charge in [-0.1, -0.05) is 0 Å². The normalized spacial score (nSPS) is 11.1. The van der Waals surface area contributed by atoms with Gasteiger partial charge >= 0.3 is 5.97 Å². The molecule has 0 unspecified atom stereocenters. The maximum Gasteiger partial charge on any atom is 0.356 e. The molecule has 0 saturated carbocycles. The third-order valence-corrected chi connectivity index (χ3v) is 3.75. The van der Waals surface area contributed by atoms with Gasteiger partial charge in [-0.2, -0.15) is 0 Å². The summed E-state index contributed by atoms with van der Waals surface area (Å²) in [6.07, 6.45) is 1.71. The average molecular weight is 291 g/mol. The Morgan fingerprint density at radius 3 is 3.00 bits per heavy atom. The van der Waals surface area contributed by atoms with Crippen LogP contribution in [0.2, 0.25) is 0 Å². The monoisotopic (exact) mass is 291 g/mol. The summed E-state index contributed by atoms with van der Waals surface area (Å²) < 4.78 is 7.10. The van der Waals surface area contributed by atoms with Crippen molar-refractivity contribution < 1.29 is 14.3 Å². The Labute approximate surface area is 118 Å². The number of hydrogen-bond acceptors (Lipinski definition) is 5. The number of carboxylic acid groups (broad SMARTS) is 1. The Morgan fingerprint density at radius 2 is 2.35 bits per heavy atom. The molecule has 0 spiro atoms. The van der Waals surface area contributed by atoms with Gasteiger partial charge in [0, 0.05) is 18.6 Å². The van der Waals surface area contributed by atoms with E-state index in [2.05, 4.69) is 4.98 Å². The first-order valence-corrected chi connectivity index (χ1v) is 6.89. The van der Waals surface area contributed by atoms with E-state index in [1.807, 2.05) is 24.4 Å². The molecule has 0 saturated heterocycles. The van der Waals surface area contributed by atoms with Crippen LogP contribution in [0.5, 0.6) is 0 Å². The first-order chi connectivity index (χ1) is 9.56. The molecule has 0 radical (unpaired) electrons. The van der Waals surface area contributed by atoms with E-state index < -0.39 is 5.97 Å². The molecule has 104 valence electrons. The first kappa shape index (κ1) is 12.7. The number of imidazole rings is 1. The van der Waals surface area contributed by atoms with Crippen LogP contribution in [-0.4, -0.2) is 27.5 Å². The van der Waals surface area contributed by atoms with Gasteiger partial charge in [-0.15, -0.1) is 11.3 Å². The van der Waals surface area contributed by atoms with Gasteiger partial charge in [0.2, 0.25) is 0 Å². The van der Waals surface area contributed by atoms with Crippen LogP contribution in [-0.2, 0) is 6.54 Å². The predicted octanol–water partition coefficient (Wildman–Crippen LogP) is 2.63. The topological polar surface area (TPSA) is 71.0 Å². The standard InChI is InChI=1S/C13H13N3O3S/c1-8-3-4-9(19-8)7-15(2)11-10(12(17)18)16-5-6-20-13(16)14-11/h3-6H,7H2,1-2H3,(H,17,18). The maximum absolute atomic E-state index is 11.4. The molecule has 0 amide bonds. The fourth-order valence-electron chi connectivity index (χ4n) is 2.12. The second-order valence-electron chi connectivity index (χ2n) is 4.51. The maximum atomic E-state index is 11.4. The van der Waals surface area contributed by atoms with Crippen LogP contribution in [0.15, 0.2) is 28.1 Å². The number of nitrogens with zero attached hydrogens (tertiary/aromatic N) is 3. The molecule has 0 aliphatic rings. The minimum absolute atomic E-state index is 0.173. The second-order valence-corrected chi connectivity index (χ2v) is 5.39. The van der Waals surface area contributed by atoms with Crippen molar-refractivity contribution in [3.63, 3.8) is 0 Å². The number of aromatic nitrogens is 2. The summed E-state index contributed by atoms with van der Waals surface area (Å²) in [5.74, 6) is 1.06. The molecule has 0 bridgehead atoms. The van der Waals surface area contributed by atoms with Crippen molar-refractivity contribution in [2.24, 2.45) is 0 Å². The van der Waals surface area contributed by atoms with E-state index in [1.165, 1.54) is 11.3 Å². The molecule has 3 heterocycles. The highest BCUT2D eigenvalue weighted by atomic mass is 32.1. The Kier molecular flexibility index (Phi) is 2.98. The minimum Gasteiger partial charge on any atom is -0.476 e. The van der Waals surface area contributed by atoms with E-state index in [9.17, 15) is 9.90 Å². The largest absolute Gasteiger partial charge is 0.476 e. The number of aromatic carboxylic acids is 1. The highest BCUT2D eigenvalue weighted by Crippen LogP contribution is 2.25. The molecule has 0 aliphatic heterocycles. The Morgan fingerprint density at radius 1 is 1.55 bits per heavy atom. The Hall–Kier alpha value is -2.28. The predicted molar refractivity (Wildman–Crippen MR) is 75.6 cm³/mol. The van der Waals surface area contributed by atoms with E-state index in [0.29, 0.717) is 17.3 Å². The van der Waals surface area contributed by atoms with E-state index in [-0.39, 0.29) is 5.69 Å². The number of carboxylic acids is 1. The fourth-order valence-corrected chi connectivity index (χ4v) is 2.83. The smallest absolute Gasteiger partial charge is 0.356 e. The second kappa shape index (κ2) is 4.68. The Balaban J connectivity index is 1.98. The lowest BCUT2D eigenvalue weighted by molar-refractivity contribution is 0.0690. The Bertz CT molecular complexity index is 771. The van der Waals surface area contributed by atoms with Gasteiger partial charge in [0.1, 0.15) is 11.5 Å². The van der Waals surface area contributed by atoms with Crippen molar-refractivity contribution in [2.45, 2.75) is 13.5 Å². The number of aryl methyl sites for hydroxylation is 1. The van der Waals surface area contributed by atoms with Gasteiger partial charge < -0.3 is 14.4 Å². The molecule has 3 aromatic rings. The molecule has 20 heavy (non-hydrogen) atoms. The van der Waals surface area contributed by atoms with Crippen LogP contribution in [0.1, 0.15) is 22.0 Å². The summed E-state index contributed by atoms with van der Waals surface area (Å²) >= 11 is 1.41. The van der Waals surface area contributed by atoms with E-state index in [0.717, 1.165) is 11.5 Å². The average Bonchev–Trinajstić information content (AvgIpc) is 3.02. The molecular weight excluding hydrogens is 278 g/mol. The number of anilines is 1. The number of thiazole rings is 1. The molecule has 0 fully saturated rings. The van der Waals surface area contributed by atoms with Crippen molar-refractivity contribution in [3.05, 3.63) is 40.9 Å². The lowest BCUT2D eigenvalue weighted by atomic mass is 10.3.